The van der Waals surface area contributed by atoms with Crippen LogP contribution in [0.5, 0.6) is 5.75 Å². The SMILES string of the molecule is Cc1cccc2oc(C(=O)NC(=S)Nc3ccc(OCc4ccccc4)cc3)cc12. The van der Waals surface area contributed by atoms with Crippen LogP contribution >= 0.6 is 12.2 Å². The Labute approximate surface area is 179 Å². The summed E-state index contributed by atoms with van der Waals surface area (Å²) in [6.45, 7) is 2.47. The molecule has 0 aliphatic rings. The Balaban J connectivity index is 1.33. The lowest BCUT2D eigenvalue weighted by Gasteiger charge is -2.10. The van der Waals surface area contributed by atoms with E-state index < -0.39 is 5.91 Å². The Morgan fingerprint density at radius 2 is 1.77 bits per heavy atom. The van der Waals surface area contributed by atoms with Crippen LogP contribution in [0.1, 0.15) is 21.7 Å². The first-order valence-corrected chi connectivity index (χ1v) is 9.87. The molecule has 0 saturated heterocycles. The van der Waals surface area contributed by atoms with Gasteiger partial charge in [0.25, 0.3) is 5.91 Å². The van der Waals surface area contributed by atoms with E-state index in [1.807, 2.05) is 79.7 Å². The van der Waals surface area contributed by atoms with Gasteiger partial charge in [0.05, 0.1) is 0 Å². The van der Waals surface area contributed by atoms with Crippen molar-refractivity contribution in [3.8, 4) is 5.75 Å². The van der Waals surface area contributed by atoms with Crippen molar-refractivity contribution in [2.24, 2.45) is 0 Å². The minimum absolute atomic E-state index is 0.190. The summed E-state index contributed by atoms with van der Waals surface area (Å²) in [6.07, 6.45) is 0. The van der Waals surface area contributed by atoms with Gasteiger partial charge in [-0.05, 0) is 66.7 Å². The Morgan fingerprint density at radius 3 is 2.50 bits per heavy atom. The molecule has 30 heavy (non-hydrogen) atoms. The largest absolute Gasteiger partial charge is 0.489 e. The van der Waals surface area contributed by atoms with Gasteiger partial charge in [-0.2, -0.15) is 0 Å². The van der Waals surface area contributed by atoms with E-state index >= 15 is 0 Å². The van der Waals surface area contributed by atoms with Gasteiger partial charge in [-0.15, -0.1) is 0 Å². The number of thiocarbonyl (C=S) groups is 1. The molecule has 5 nitrogen and oxygen atoms in total. The van der Waals surface area contributed by atoms with Crippen LogP contribution in [-0.4, -0.2) is 11.0 Å². The van der Waals surface area contributed by atoms with Crippen molar-refractivity contribution < 1.29 is 13.9 Å². The number of benzene rings is 3. The summed E-state index contributed by atoms with van der Waals surface area (Å²) >= 11 is 5.25. The molecule has 6 heteroatoms. The first-order valence-electron chi connectivity index (χ1n) is 9.47. The van der Waals surface area contributed by atoms with Crippen LogP contribution in [0.4, 0.5) is 5.69 Å². The molecule has 0 bridgehead atoms. The highest BCUT2D eigenvalue weighted by atomic mass is 32.1. The summed E-state index contributed by atoms with van der Waals surface area (Å²) in [6, 6.07) is 24.7. The second kappa shape index (κ2) is 8.80. The lowest BCUT2D eigenvalue weighted by atomic mass is 10.1. The summed E-state index contributed by atoms with van der Waals surface area (Å²) in [5.41, 5.74) is 3.56. The average molecular weight is 417 g/mol. The molecule has 0 radical (unpaired) electrons. The zero-order chi connectivity index (χ0) is 20.9. The molecule has 0 fully saturated rings. The number of rotatable bonds is 5. The van der Waals surface area contributed by atoms with Gasteiger partial charge in [0.2, 0.25) is 0 Å². The van der Waals surface area contributed by atoms with E-state index in [1.54, 1.807) is 6.07 Å². The summed E-state index contributed by atoms with van der Waals surface area (Å²) < 4.78 is 11.4. The fraction of sp³-hybridized carbons (Fsp3) is 0.0833. The van der Waals surface area contributed by atoms with E-state index in [9.17, 15) is 4.79 Å². The van der Waals surface area contributed by atoms with Crippen molar-refractivity contribution in [1.29, 1.82) is 0 Å². The first-order chi connectivity index (χ1) is 14.6. The van der Waals surface area contributed by atoms with Crippen LogP contribution in [0.15, 0.2) is 83.3 Å². The maximum atomic E-state index is 12.4. The van der Waals surface area contributed by atoms with Crippen LogP contribution in [-0.2, 0) is 6.61 Å². The summed E-state index contributed by atoms with van der Waals surface area (Å²) in [5.74, 6) is 0.566. The Bertz CT molecular complexity index is 1180. The maximum Gasteiger partial charge on any atom is 0.293 e. The molecule has 150 valence electrons. The third-order valence-electron chi connectivity index (χ3n) is 4.59. The van der Waals surface area contributed by atoms with Gasteiger partial charge in [0.1, 0.15) is 17.9 Å². The standard InChI is InChI=1S/C24H20N2O3S/c1-16-6-5-9-21-20(16)14-22(29-21)23(27)26-24(30)25-18-10-12-19(13-11-18)28-15-17-7-3-2-4-8-17/h2-14H,15H2,1H3,(H2,25,26,27,30). The van der Waals surface area contributed by atoms with Gasteiger partial charge >= 0.3 is 0 Å². The molecule has 3 aromatic carbocycles. The van der Waals surface area contributed by atoms with Gasteiger partial charge in [-0.3, -0.25) is 10.1 Å². The molecule has 0 unspecified atom stereocenters. The second-order valence-electron chi connectivity index (χ2n) is 6.80. The number of amides is 1. The normalized spacial score (nSPS) is 10.6. The third kappa shape index (κ3) is 4.67. The molecule has 4 rings (SSSR count). The van der Waals surface area contributed by atoms with E-state index in [0.717, 1.165) is 28.0 Å². The van der Waals surface area contributed by atoms with Crippen molar-refractivity contribution >= 4 is 39.9 Å². The molecular weight excluding hydrogens is 396 g/mol. The van der Waals surface area contributed by atoms with E-state index in [2.05, 4.69) is 10.6 Å². The van der Waals surface area contributed by atoms with Crippen LogP contribution in [0, 0.1) is 6.92 Å². The van der Waals surface area contributed by atoms with E-state index in [0.29, 0.717) is 12.2 Å². The zero-order valence-corrected chi connectivity index (χ0v) is 17.2. The average Bonchev–Trinajstić information content (AvgIpc) is 3.20. The highest BCUT2D eigenvalue weighted by Crippen LogP contribution is 2.22. The van der Waals surface area contributed by atoms with Gasteiger partial charge in [0.15, 0.2) is 10.9 Å². The van der Waals surface area contributed by atoms with Crippen LogP contribution in [0.2, 0.25) is 0 Å². The molecule has 2 N–H and O–H groups in total. The number of ether oxygens (including phenoxy) is 1. The lowest BCUT2D eigenvalue weighted by Crippen LogP contribution is -2.33. The third-order valence-corrected chi connectivity index (χ3v) is 4.79. The topological polar surface area (TPSA) is 63.5 Å². The number of carbonyl (C=O) groups is 1. The molecule has 0 saturated carbocycles. The summed E-state index contributed by atoms with van der Waals surface area (Å²) in [5, 5.41) is 6.73. The molecule has 1 aromatic heterocycles. The van der Waals surface area contributed by atoms with Crippen LogP contribution < -0.4 is 15.4 Å². The fourth-order valence-electron chi connectivity index (χ4n) is 3.02. The van der Waals surface area contributed by atoms with Crippen molar-refractivity contribution in [2.75, 3.05) is 5.32 Å². The number of fused-ring (bicyclic) bond motifs is 1. The second-order valence-corrected chi connectivity index (χ2v) is 7.21. The minimum atomic E-state index is -0.397. The number of nitrogens with one attached hydrogen (secondary N) is 2. The Morgan fingerprint density at radius 1 is 1.00 bits per heavy atom. The highest BCUT2D eigenvalue weighted by molar-refractivity contribution is 7.80. The Kier molecular flexibility index (Phi) is 5.77. The van der Waals surface area contributed by atoms with Gasteiger partial charge < -0.3 is 14.5 Å². The molecule has 0 aliphatic carbocycles. The van der Waals surface area contributed by atoms with E-state index in [1.165, 1.54) is 0 Å². The molecule has 0 aliphatic heterocycles. The van der Waals surface area contributed by atoms with Gasteiger partial charge in [-0.1, -0.05) is 42.5 Å². The predicted octanol–water partition coefficient (Wildman–Crippen LogP) is 5.45. The van der Waals surface area contributed by atoms with Crippen LogP contribution in [0.25, 0.3) is 11.0 Å². The van der Waals surface area contributed by atoms with E-state index in [-0.39, 0.29) is 10.9 Å². The fourth-order valence-corrected chi connectivity index (χ4v) is 3.23. The van der Waals surface area contributed by atoms with Crippen molar-refractivity contribution in [3.05, 3.63) is 95.7 Å². The van der Waals surface area contributed by atoms with Gasteiger partial charge in [-0.25, -0.2) is 0 Å². The molecule has 4 aromatic rings. The number of anilines is 1. The zero-order valence-electron chi connectivity index (χ0n) is 16.3. The number of carbonyl (C=O) groups excluding carboxylic acids is 1. The summed E-state index contributed by atoms with van der Waals surface area (Å²) in [7, 11) is 0. The maximum absolute atomic E-state index is 12.4. The molecule has 0 atom stereocenters. The lowest BCUT2D eigenvalue weighted by molar-refractivity contribution is 0.0953. The minimum Gasteiger partial charge on any atom is -0.489 e. The van der Waals surface area contributed by atoms with Gasteiger partial charge in [0, 0.05) is 11.1 Å². The van der Waals surface area contributed by atoms with Crippen molar-refractivity contribution in [1.82, 2.24) is 5.32 Å². The molecule has 1 amide bonds. The summed E-state index contributed by atoms with van der Waals surface area (Å²) in [4.78, 5) is 12.4. The highest BCUT2D eigenvalue weighted by Gasteiger charge is 2.14. The quantitative estimate of drug-likeness (QED) is 0.424. The van der Waals surface area contributed by atoms with Crippen molar-refractivity contribution in [2.45, 2.75) is 13.5 Å². The monoisotopic (exact) mass is 416 g/mol. The van der Waals surface area contributed by atoms with Crippen LogP contribution in [0.3, 0.4) is 0 Å². The van der Waals surface area contributed by atoms with E-state index in [4.69, 9.17) is 21.4 Å². The first kappa shape index (κ1) is 19.7. The number of hydrogen-bond acceptors (Lipinski definition) is 4. The number of aryl methyl sites for hydroxylation is 1. The Hall–Kier alpha value is -3.64. The molecule has 1 heterocycles. The molecular formula is C24H20N2O3S. The smallest absolute Gasteiger partial charge is 0.293 e. The number of furan rings is 1. The predicted molar refractivity (Wildman–Crippen MR) is 122 cm³/mol. The molecule has 0 spiro atoms. The van der Waals surface area contributed by atoms with Crippen molar-refractivity contribution in [3.63, 3.8) is 0 Å². The number of hydrogen-bond donors (Lipinski definition) is 2.